The minimum atomic E-state index is 0.564. The molecule has 0 amide bonds. The monoisotopic (exact) mass is 239 g/mol. The molecule has 2 aliphatic rings. The van der Waals surface area contributed by atoms with Gasteiger partial charge < -0.3 is 10.1 Å². The smallest absolute Gasteiger partial charge is 0.0488 e. The Morgan fingerprint density at radius 2 is 2.18 bits per heavy atom. The van der Waals surface area contributed by atoms with Gasteiger partial charge in [0.2, 0.25) is 0 Å². The third kappa shape index (κ3) is 3.03. The van der Waals surface area contributed by atoms with Gasteiger partial charge in [-0.2, -0.15) is 0 Å². The Morgan fingerprint density at radius 3 is 2.71 bits per heavy atom. The van der Waals surface area contributed by atoms with Gasteiger partial charge in [0.25, 0.3) is 0 Å². The zero-order chi connectivity index (χ0) is 12.3. The van der Waals surface area contributed by atoms with E-state index in [2.05, 4.69) is 26.2 Å². The first-order valence-corrected chi connectivity index (χ1v) is 7.38. The van der Waals surface area contributed by atoms with E-state index in [0.717, 1.165) is 25.0 Å². The number of ether oxygens (including phenoxy) is 1. The summed E-state index contributed by atoms with van der Waals surface area (Å²) in [4.78, 5) is 0. The Balaban J connectivity index is 1.81. The minimum absolute atomic E-state index is 0.564. The molecular formula is C15H29NO. The van der Waals surface area contributed by atoms with Crippen LogP contribution in [0, 0.1) is 23.2 Å². The summed E-state index contributed by atoms with van der Waals surface area (Å²) in [5.41, 5.74) is 0.564. The van der Waals surface area contributed by atoms with Gasteiger partial charge in [-0.15, -0.1) is 0 Å². The van der Waals surface area contributed by atoms with Crippen LogP contribution in [-0.2, 0) is 4.74 Å². The van der Waals surface area contributed by atoms with E-state index in [1.54, 1.807) is 0 Å². The summed E-state index contributed by atoms with van der Waals surface area (Å²) in [6.45, 7) is 7.52. The van der Waals surface area contributed by atoms with E-state index in [9.17, 15) is 0 Å². The molecule has 100 valence electrons. The number of hydrogen-bond acceptors (Lipinski definition) is 2. The number of nitrogens with one attached hydrogen (secondary N) is 1. The Morgan fingerprint density at radius 1 is 1.35 bits per heavy atom. The van der Waals surface area contributed by atoms with Crippen molar-refractivity contribution in [2.75, 3.05) is 26.8 Å². The van der Waals surface area contributed by atoms with E-state index in [-0.39, 0.29) is 0 Å². The molecule has 0 aromatic heterocycles. The van der Waals surface area contributed by atoms with E-state index < -0.39 is 0 Å². The molecule has 2 aliphatic carbocycles. The summed E-state index contributed by atoms with van der Waals surface area (Å²) >= 11 is 0. The highest BCUT2D eigenvalue weighted by Gasteiger charge is 2.49. The van der Waals surface area contributed by atoms with Crippen LogP contribution in [-0.4, -0.2) is 26.8 Å². The third-order valence-electron chi connectivity index (χ3n) is 4.83. The van der Waals surface area contributed by atoms with Crippen molar-refractivity contribution in [2.45, 2.75) is 46.0 Å². The lowest BCUT2D eigenvalue weighted by Crippen LogP contribution is -2.38. The second-order valence-electron chi connectivity index (χ2n) is 6.69. The molecule has 3 unspecified atom stereocenters. The van der Waals surface area contributed by atoms with Gasteiger partial charge in [-0.25, -0.2) is 0 Å². The summed E-state index contributed by atoms with van der Waals surface area (Å²) in [5.74, 6) is 2.66. The predicted molar refractivity (Wildman–Crippen MR) is 72.1 cm³/mol. The van der Waals surface area contributed by atoms with Crippen LogP contribution in [0.4, 0.5) is 0 Å². The molecule has 0 aromatic rings. The van der Waals surface area contributed by atoms with E-state index in [1.807, 2.05) is 0 Å². The van der Waals surface area contributed by atoms with Gasteiger partial charge in [-0.3, -0.25) is 0 Å². The molecule has 0 spiro atoms. The summed E-state index contributed by atoms with van der Waals surface area (Å²) < 4.78 is 5.81. The maximum absolute atomic E-state index is 5.81. The fourth-order valence-electron chi connectivity index (χ4n) is 4.12. The highest BCUT2D eigenvalue weighted by atomic mass is 16.5. The van der Waals surface area contributed by atoms with Crippen molar-refractivity contribution in [2.24, 2.45) is 23.2 Å². The van der Waals surface area contributed by atoms with Crippen molar-refractivity contribution in [1.29, 1.82) is 0 Å². The van der Waals surface area contributed by atoms with Gasteiger partial charge in [0.05, 0.1) is 0 Å². The SMILES string of the molecule is CNCC1(CCOCC(C)C)CC2CCC1C2. The zero-order valence-electron chi connectivity index (χ0n) is 11.8. The molecule has 2 bridgehead atoms. The molecule has 0 aliphatic heterocycles. The molecule has 17 heavy (non-hydrogen) atoms. The predicted octanol–water partition coefficient (Wildman–Crippen LogP) is 3.07. The number of rotatable bonds is 7. The minimum Gasteiger partial charge on any atom is -0.381 e. The van der Waals surface area contributed by atoms with Crippen molar-refractivity contribution in [3.8, 4) is 0 Å². The van der Waals surface area contributed by atoms with Crippen molar-refractivity contribution in [3.63, 3.8) is 0 Å². The molecule has 2 rings (SSSR count). The molecule has 0 saturated heterocycles. The van der Waals surface area contributed by atoms with Crippen molar-refractivity contribution in [1.82, 2.24) is 5.32 Å². The molecule has 2 heteroatoms. The van der Waals surface area contributed by atoms with Crippen molar-refractivity contribution in [3.05, 3.63) is 0 Å². The summed E-state index contributed by atoms with van der Waals surface area (Å²) in [5, 5.41) is 3.43. The van der Waals surface area contributed by atoms with E-state index in [0.29, 0.717) is 11.3 Å². The second-order valence-corrected chi connectivity index (χ2v) is 6.69. The first-order chi connectivity index (χ1) is 8.16. The summed E-state index contributed by atoms with van der Waals surface area (Å²) in [6, 6.07) is 0. The molecular weight excluding hydrogens is 210 g/mol. The highest BCUT2D eigenvalue weighted by molar-refractivity contribution is 5.01. The summed E-state index contributed by atoms with van der Waals surface area (Å²) in [6.07, 6.45) is 7.16. The topological polar surface area (TPSA) is 21.3 Å². The molecule has 0 radical (unpaired) electrons. The van der Waals surface area contributed by atoms with Crippen molar-refractivity contribution >= 4 is 0 Å². The van der Waals surface area contributed by atoms with E-state index in [1.165, 1.54) is 38.6 Å². The molecule has 3 atom stereocenters. The van der Waals surface area contributed by atoms with Crippen LogP contribution in [0.15, 0.2) is 0 Å². The Kier molecular flexibility index (Phi) is 4.48. The number of fused-ring (bicyclic) bond motifs is 2. The molecule has 1 N–H and O–H groups in total. The fraction of sp³-hybridized carbons (Fsp3) is 1.00. The average molecular weight is 239 g/mol. The second kappa shape index (κ2) is 5.71. The normalized spacial score (nSPS) is 36.0. The maximum Gasteiger partial charge on any atom is 0.0488 e. The van der Waals surface area contributed by atoms with Crippen LogP contribution in [0.2, 0.25) is 0 Å². The molecule has 0 heterocycles. The van der Waals surface area contributed by atoms with E-state index in [4.69, 9.17) is 4.74 Å². The van der Waals surface area contributed by atoms with Crippen molar-refractivity contribution < 1.29 is 4.74 Å². The summed E-state index contributed by atoms with van der Waals surface area (Å²) in [7, 11) is 2.10. The quantitative estimate of drug-likeness (QED) is 0.689. The molecule has 2 fully saturated rings. The first-order valence-electron chi connectivity index (χ1n) is 7.38. The van der Waals surface area contributed by atoms with Gasteiger partial charge in [0, 0.05) is 19.8 Å². The number of hydrogen-bond donors (Lipinski definition) is 1. The molecule has 2 saturated carbocycles. The Labute approximate surface area is 107 Å². The van der Waals surface area contributed by atoms with Gasteiger partial charge in [-0.1, -0.05) is 20.3 Å². The van der Waals surface area contributed by atoms with Crippen LogP contribution in [0.25, 0.3) is 0 Å². The van der Waals surface area contributed by atoms with Crippen LogP contribution in [0.1, 0.15) is 46.0 Å². The highest BCUT2D eigenvalue weighted by Crippen LogP contribution is 2.57. The van der Waals surface area contributed by atoms with Crippen LogP contribution < -0.4 is 5.32 Å². The Hall–Kier alpha value is -0.0800. The third-order valence-corrected chi connectivity index (χ3v) is 4.83. The molecule has 2 nitrogen and oxygen atoms in total. The maximum atomic E-state index is 5.81. The van der Waals surface area contributed by atoms with Gasteiger partial charge >= 0.3 is 0 Å². The Bertz CT molecular complexity index is 241. The zero-order valence-corrected chi connectivity index (χ0v) is 11.8. The van der Waals surface area contributed by atoms with Crippen LogP contribution >= 0.6 is 0 Å². The standard InChI is InChI=1S/C15H29NO/c1-12(2)10-17-7-6-15(11-16-3)9-13-4-5-14(15)8-13/h12-14,16H,4-11H2,1-3H3. The van der Waals surface area contributed by atoms with E-state index >= 15 is 0 Å². The van der Waals surface area contributed by atoms with Gasteiger partial charge in [0.1, 0.15) is 0 Å². The largest absolute Gasteiger partial charge is 0.381 e. The lowest BCUT2D eigenvalue weighted by molar-refractivity contribution is 0.0527. The van der Waals surface area contributed by atoms with Gasteiger partial charge in [-0.05, 0) is 55.9 Å². The average Bonchev–Trinajstić information content (AvgIpc) is 2.85. The van der Waals surface area contributed by atoms with Crippen LogP contribution in [0.5, 0.6) is 0 Å². The first kappa shape index (κ1) is 13.4. The fourth-order valence-corrected chi connectivity index (χ4v) is 4.12. The van der Waals surface area contributed by atoms with Crippen LogP contribution in [0.3, 0.4) is 0 Å². The van der Waals surface area contributed by atoms with Gasteiger partial charge in [0.15, 0.2) is 0 Å². The lowest BCUT2D eigenvalue weighted by atomic mass is 9.71. The lowest BCUT2D eigenvalue weighted by Gasteiger charge is -2.38. The molecule has 0 aromatic carbocycles.